The van der Waals surface area contributed by atoms with E-state index in [0.717, 1.165) is 36.3 Å². The Kier molecular flexibility index (Phi) is 3.02. The van der Waals surface area contributed by atoms with Crippen LogP contribution in [0.2, 0.25) is 0 Å². The van der Waals surface area contributed by atoms with Crippen LogP contribution in [0.1, 0.15) is 16.7 Å². The first-order valence-electron chi connectivity index (χ1n) is 6.49. The molecule has 1 aromatic rings. The van der Waals surface area contributed by atoms with E-state index in [0.29, 0.717) is 30.9 Å². The minimum Gasteiger partial charge on any atom is -0.492 e. The van der Waals surface area contributed by atoms with Gasteiger partial charge >= 0.3 is 5.69 Å². The van der Waals surface area contributed by atoms with E-state index >= 15 is 0 Å². The molecule has 2 heterocycles. The third-order valence-electron chi connectivity index (χ3n) is 3.69. The molecule has 0 unspecified atom stereocenters. The summed E-state index contributed by atoms with van der Waals surface area (Å²) in [7, 11) is 1.89. The molecular weight excluding hydrogens is 248 g/mol. The standard InChI is InChI=1S/C13H16N2O4/c1-14-5-2-8-9-3-6-19-13(9)11(15(16)17)10-4-7-18-12(8)10/h14H,2-7H2,1H3. The number of rotatable bonds is 4. The summed E-state index contributed by atoms with van der Waals surface area (Å²) in [5.74, 6) is 1.20. The maximum atomic E-state index is 11.3. The zero-order valence-corrected chi connectivity index (χ0v) is 10.8. The Bertz CT molecular complexity index is 507. The summed E-state index contributed by atoms with van der Waals surface area (Å²) in [6.07, 6.45) is 2.13. The van der Waals surface area contributed by atoms with E-state index in [1.54, 1.807) is 0 Å². The van der Waals surface area contributed by atoms with Crippen LogP contribution in [-0.4, -0.2) is 31.7 Å². The average molecular weight is 264 g/mol. The lowest BCUT2D eigenvalue weighted by molar-refractivity contribution is -0.386. The van der Waals surface area contributed by atoms with Gasteiger partial charge < -0.3 is 14.8 Å². The maximum Gasteiger partial charge on any atom is 0.318 e. The Morgan fingerprint density at radius 2 is 1.89 bits per heavy atom. The SMILES string of the molecule is CNCCc1c2c(c([N+](=O)[O-])c3c1OCC3)OCC2. The van der Waals surface area contributed by atoms with Crippen molar-refractivity contribution >= 4 is 5.69 Å². The van der Waals surface area contributed by atoms with E-state index < -0.39 is 0 Å². The summed E-state index contributed by atoms with van der Waals surface area (Å²) >= 11 is 0. The molecule has 2 aliphatic rings. The van der Waals surface area contributed by atoms with E-state index in [1.807, 2.05) is 7.05 Å². The molecule has 1 aromatic carbocycles. The highest BCUT2D eigenvalue weighted by Crippen LogP contribution is 2.48. The second kappa shape index (κ2) is 4.70. The van der Waals surface area contributed by atoms with Gasteiger partial charge in [0.05, 0.1) is 23.7 Å². The van der Waals surface area contributed by atoms with Gasteiger partial charge in [0.1, 0.15) is 5.75 Å². The molecule has 0 spiro atoms. The molecule has 1 N–H and O–H groups in total. The average Bonchev–Trinajstić information content (AvgIpc) is 3.01. The van der Waals surface area contributed by atoms with Crippen LogP contribution in [0.4, 0.5) is 5.69 Å². The molecule has 0 atom stereocenters. The quantitative estimate of drug-likeness (QED) is 0.654. The molecule has 0 amide bonds. The topological polar surface area (TPSA) is 73.6 Å². The number of ether oxygens (including phenoxy) is 2. The Morgan fingerprint density at radius 3 is 2.58 bits per heavy atom. The summed E-state index contributed by atoms with van der Waals surface area (Å²) in [5, 5.41) is 14.4. The van der Waals surface area contributed by atoms with Gasteiger partial charge in [-0.1, -0.05) is 0 Å². The molecule has 0 saturated heterocycles. The number of nitrogens with zero attached hydrogens (tertiary/aromatic N) is 1. The van der Waals surface area contributed by atoms with Crippen LogP contribution >= 0.6 is 0 Å². The molecular formula is C13H16N2O4. The minimum absolute atomic E-state index is 0.119. The lowest BCUT2D eigenvalue weighted by atomic mass is 9.95. The Balaban J connectivity index is 2.19. The van der Waals surface area contributed by atoms with E-state index in [9.17, 15) is 10.1 Å². The first kappa shape index (κ1) is 12.2. The molecule has 102 valence electrons. The minimum atomic E-state index is -0.334. The van der Waals surface area contributed by atoms with Crippen LogP contribution < -0.4 is 14.8 Å². The smallest absolute Gasteiger partial charge is 0.318 e. The van der Waals surface area contributed by atoms with Crippen molar-refractivity contribution in [1.82, 2.24) is 5.32 Å². The highest BCUT2D eigenvalue weighted by Gasteiger charge is 2.36. The summed E-state index contributed by atoms with van der Waals surface area (Å²) in [6, 6.07) is 0. The van der Waals surface area contributed by atoms with Crippen LogP contribution in [0.3, 0.4) is 0 Å². The molecule has 0 aromatic heterocycles. The third-order valence-corrected chi connectivity index (χ3v) is 3.69. The highest BCUT2D eigenvalue weighted by molar-refractivity contribution is 5.69. The van der Waals surface area contributed by atoms with Crippen LogP contribution in [0.5, 0.6) is 11.5 Å². The summed E-state index contributed by atoms with van der Waals surface area (Å²) in [5.41, 5.74) is 2.87. The fourth-order valence-electron chi connectivity index (χ4n) is 2.89. The monoisotopic (exact) mass is 264 g/mol. The van der Waals surface area contributed by atoms with Crippen LogP contribution in [0.25, 0.3) is 0 Å². The fourth-order valence-corrected chi connectivity index (χ4v) is 2.89. The summed E-state index contributed by atoms with van der Waals surface area (Å²) < 4.78 is 11.2. The Hall–Kier alpha value is -1.82. The molecule has 2 aliphatic heterocycles. The van der Waals surface area contributed by atoms with Gasteiger partial charge in [0.25, 0.3) is 0 Å². The third kappa shape index (κ3) is 1.83. The molecule has 0 bridgehead atoms. The van der Waals surface area contributed by atoms with Crippen molar-refractivity contribution in [3.05, 3.63) is 26.8 Å². The first-order valence-corrected chi connectivity index (χ1v) is 6.49. The number of hydrogen-bond donors (Lipinski definition) is 1. The number of nitro groups is 1. The van der Waals surface area contributed by atoms with Gasteiger partial charge in [-0.25, -0.2) is 0 Å². The second-order valence-electron chi connectivity index (χ2n) is 4.75. The number of nitro benzene ring substituents is 1. The van der Waals surface area contributed by atoms with Gasteiger partial charge in [-0.15, -0.1) is 0 Å². The first-order chi connectivity index (χ1) is 9.24. The Labute approximate surface area is 110 Å². The van der Waals surface area contributed by atoms with E-state index in [-0.39, 0.29) is 10.6 Å². The van der Waals surface area contributed by atoms with Gasteiger partial charge in [-0.05, 0) is 20.0 Å². The van der Waals surface area contributed by atoms with E-state index in [1.165, 1.54) is 0 Å². The van der Waals surface area contributed by atoms with Gasteiger partial charge in [0.15, 0.2) is 0 Å². The molecule has 6 nitrogen and oxygen atoms in total. The van der Waals surface area contributed by atoms with Gasteiger partial charge in [-0.3, -0.25) is 10.1 Å². The lowest BCUT2D eigenvalue weighted by Gasteiger charge is -2.13. The van der Waals surface area contributed by atoms with Crippen molar-refractivity contribution < 1.29 is 14.4 Å². The Morgan fingerprint density at radius 1 is 1.21 bits per heavy atom. The van der Waals surface area contributed by atoms with Gasteiger partial charge in [0.2, 0.25) is 5.75 Å². The molecule has 0 radical (unpaired) electrons. The molecule has 6 heteroatoms. The largest absolute Gasteiger partial charge is 0.492 e. The lowest BCUT2D eigenvalue weighted by Crippen LogP contribution is -2.12. The highest BCUT2D eigenvalue weighted by atomic mass is 16.6. The van der Waals surface area contributed by atoms with E-state index in [2.05, 4.69) is 5.32 Å². The van der Waals surface area contributed by atoms with Gasteiger partial charge in [0, 0.05) is 24.0 Å². The zero-order chi connectivity index (χ0) is 13.4. The number of fused-ring (bicyclic) bond motifs is 2. The van der Waals surface area contributed by atoms with Gasteiger partial charge in [-0.2, -0.15) is 0 Å². The van der Waals surface area contributed by atoms with Crippen molar-refractivity contribution in [2.24, 2.45) is 0 Å². The molecule has 0 aliphatic carbocycles. The van der Waals surface area contributed by atoms with Crippen LogP contribution in [0, 0.1) is 10.1 Å². The number of benzene rings is 1. The predicted octanol–water partition coefficient (Wildman–Crippen LogP) is 1.23. The summed E-state index contributed by atoms with van der Waals surface area (Å²) in [6.45, 7) is 1.86. The van der Waals surface area contributed by atoms with Crippen molar-refractivity contribution in [1.29, 1.82) is 0 Å². The maximum absolute atomic E-state index is 11.3. The van der Waals surface area contributed by atoms with Crippen molar-refractivity contribution in [2.45, 2.75) is 19.3 Å². The van der Waals surface area contributed by atoms with Crippen molar-refractivity contribution in [2.75, 3.05) is 26.8 Å². The fraction of sp³-hybridized carbons (Fsp3) is 0.538. The molecule has 0 fully saturated rings. The molecule has 3 rings (SSSR count). The van der Waals surface area contributed by atoms with E-state index in [4.69, 9.17) is 9.47 Å². The molecule has 0 saturated carbocycles. The number of nitrogens with one attached hydrogen (secondary N) is 1. The van der Waals surface area contributed by atoms with Crippen LogP contribution in [-0.2, 0) is 19.3 Å². The summed E-state index contributed by atoms with van der Waals surface area (Å²) in [4.78, 5) is 11.0. The van der Waals surface area contributed by atoms with Crippen molar-refractivity contribution in [3.63, 3.8) is 0 Å². The second-order valence-corrected chi connectivity index (χ2v) is 4.75. The predicted molar refractivity (Wildman–Crippen MR) is 69.1 cm³/mol. The van der Waals surface area contributed by atoms with Crippen LogP contribution in [0.15, 0.2) is 0 Å². The zero-order valence-electron chi connectivity index (χ0n) is 10.8. The van der Waals surface area contributed by atoms with Crippen molar-refractivity contribution in [3.8, 4) is 11.5 Å². The normalized spacial score (nSPS) is 15.6. The number of hydrogen-bond acceptors (Lipinski definition) is 5. The molecule has 19 heavy (non-hydrogen) atoms. The number of likely N-dealkylation sites (N-methyl/N-ethyl adjacent to an activating group) is 1.